The summed E-state index contributed by atoms with van der Waals surface area (Å²) in [6.45, 7) is 3.71. The number of para-hydroxylation sites is 1. The minimum Gasteiger partial charge on any atom is -0.357 e. The molecule has 1 aromatic heterocycles. The lowest BCUT2D eigenvalue weighted by Gasteiger charge is -2.37. The molecule has 1 aromatic carbocycles. The molecule has 2 nitrogen and oxygen atoms in total. The van der Waals surface area contributed by atoms with Gasteiger partial charge in [-0.25, -0.2) is 0 Å². The largest absolute Gasteiger partial charge is 0.357 e. The highest BCUT2D eigenvalue weighted by Gasteiger charge is 2.47. The fraction of sp³-hybridized carbons (Fsp3) is 0.474. The minimum atomic E-state index is 0.617. The number of rotatable bonds is 0. The molecule has 1 fully saturated rings. The fourth-order valence-electron chi connectivity index (χ4n) is 5.06. The first kappa shape index (κ1) is 12.0. The van der Waals surface area contributed by atoms with Gasteiger partial charge in [-0.2, -0.15) is 0 Å². The zero-order chi connectivity index (χ0) is 14.0. The molecule has 0 spiro atoms. The predicted octanol–water partition coefficient (Wildman–Crippen LogP) is 4.05. The fourth-order valence-corrected chi connectivity index (χ4v) is 5.06. The Bertz CT molecular complexity index is 726. The predicted molar refractivity (Wildman–Crippen MR) is 86.3 cm³/mol. The molecule has 4 atom stereocenters. The molecule has 0 bridgehead atoms. The summed E-state index contributed by atoms with van der Waals surface area (Å²) in [5.41, 5.74) is 4.44. The molecule has 2 aliphatic heterocycles. The number of nitrogens with one attached hydrogen (secondary N) is 1. The van der Waals surface area contributed by atoms with Crippen molar-refractivity contribution in [1.82, 2.24) is 9.88 Å². The highest BCUT2D eigenvalue weighted by molar-refractivity contribution is 5.85. The van der Waals surface area contributed by atoms with E-state index in [9.17, 15) is 0 Å². The van der Waals surface area contributed by atoms with E-state index in [0.717, 1.165) is 11.8 Å². The summed E-state index contributed by atoms with van der Waals surface area (Å²) < 4.78 is 0. The molecule has 0 saturated carbocycles. The molecule has 1 N–H and O–H groups in total. The van der Waals surface area contributed by atoms with Crippen molar-refractivity contribution in [2.45, 2.75) is 38.3 Å². The Morgan fingerprint density at radius 3 is 2.95 bits per heavy atom. The molecule has 0 radical (unpaired) electrons. The summed E-state index contributed by atoms with van der Waals surface area (Å²) in [5, 5.41) is 1.45. The molecule has 3 aliphatic rings. The number of aromatic nitrogens is 1. The number of hydrogen-bond donors (Lipinski definition) is 1. The van der Waals surface area contributed by atoms with E-state index in [1.54, 1.807) is 5.56 Å². The summed E-state index contributed by atoms with van der Waals surface area (Å²) in [5.74, 6) is 1.67. The van der Waals surface area contributed by atoms with E-state index in [4.69, 9.17) is 0 Å². The summed E-state index contributed by atoms with van der Waals surface area (Å²) in [6.07, 6.45) is 8.54. The van der Waals surface area contributed by atoms with Gasteiger partial charge in [0.1, 0.15) is 0 Å². The number of fused-ring (bicyclic) bond motifs is 7. The SMILES string of the molecule is C[C@H]1Cc2c([nH]c3ccccc23)[C@H]2[C@H]3CC=CC[C@@H]3CN12. The maximum atomic E-state index is 3.78. The van der Waals surface area contributed by atoms with E-state index < -0.39 is 0 Å². The number of benzene rings is 1. The summed E-state index contributed by atoms with van der Waals surface area (Å²) in [4.78, 5) is 6.55. The monoisotopic (exact) mass is 278 g/mol. The van der Waals surface area contributed by atoms with Gasteiger partial charge in [0.15, 0.2) is 0 Å². The Morgan fingerprint density at radius 1 is 1.14 bits per heavy atom. The number of hydrogen-bond acceptors (Lipinski definition) is 1. The third-order valence-corrected chi connectivity index (χ3v) is 6.04. The second kappa shape index (κ2) is 4.23. The molecular weight excluding hydrogens is 256 g/mol. The molecule has 21 heavy (non-hydrogen) atoms. The van der Waals surface area contributed by atoms with Crippen LogP contribution in [-0.2, 0) is 6.42 Å². The Labute approximate surface area is 125 Å². The first-order valence-electron chi connectivity index (χ1n) is 8.33. The highest BCUT2D eigenvalue weighted by atomic mass is 15.2. The zero-order valence-electron chi connectivity index (χ0n) is 12.5. The first-order chi connectivity index (χ1) is 10.3. The van der Waals surface area contributed by atoms with Crippen molar-refractivity contribution in [2.75, 3.05) is 6.54 Å². The van der Waals surface area contributed by atoms with Crippen LogP contribution >= 0.6 is 0 Å². The standard InChI is InChI=1S/C19H22N2/c1-12-10-16-15-8-4-5-9-17(15)20-18(16)19-14-7-3-2-6-13(14)11-21(12)19/h2-5,8-9,12-14,19-20H,6-7,10-11H2,1H3/t12-,13+,14-,19+/m0/s1. The van der Waals surface area contributed by atoms with E-state index in [1.807, 2.05) is 0 Å². The van der Waals surface area contributed by atoms with Crippen LogP contribution in [0.1, 0.15) is 37.1 Å². The Hall–Kier alpha value is -1.54. The van der Waals surface area contributed by atoms with E-state index in [2.05, 4.69) is 53.2 Å². The quantitative estimate of drug-likeness (QED) is 0.720. The Balaban J connectivity index is 1.70. The van der Waals surface area contributed by atoms with Crippen LogP contribution in [0.4, 0.5) is 0 Å². The van der Waals surface area contributed by atoms with Gasteiger partial charge >= 0.3 is 0 Å². The van der Waals surface area contributed by atoms with Crippen molar-refractivity contribution in [3.05, 3.63) is 47.7 Å². The van der Waals surface area contributed by atoms with E-state index >= 15 is 0 Å². The third kappa shape index (κ3) is 1.57. The summed E-state index contributed by atoms with van der Waals surface area (Å²) >= 11 is 0. The Kier molecular flexibility index (Phi) is 2.43. The van der Waals surface area contributed by atoms with Crippen LogP contribution < -0.4 is 0 Å². The maximum Gasteiger partial charge on any atom is 0.0538 e. The van der Waals surface area contributed by atoms with Crippen molar-refractivity contribution < 1.29 is 0 Å². The molecular formula is C19H22N2. The van der Waals surface area contributed by atoms with Gasteiger partial charge in [-0.05, 0) is 49.7 Å². The number of allylic oxidation sites excluding steroid dienone is 2. The van der Waals surface area contributed by atoms with E-state index in [0.29, 0.717) is 12.1 Å². The lowest BCUT2D eigenvalue weighted by Crippen LogP contribution is -2.39. The summed E-state index contributed by atoms with van der Waals surface area (Å²) in [7, 11) is 0. The average Bonchev–Trinajstić information content (AvgIpc) is 3.06. The second-order valence-electron chi connectivity index (χ2n) is 7.12. The van der Waals surface area contributed by atoms with Gasteiger partial charge in [-0.1, -0.05) is 30.4 Å². The van der Waals surface area contributed by atoms with E-state index in [1.165, 1.54) is 42.4 Å². The molecule has 1 saturated heterocycles. The van der Waals surface area contributed by atoms with Crippen molar-refractivity contribution in [3.63, 3.8) is 0 Å². The maximum absolute atomic E-state index is 3.78. The zero-order valence-corrected chi connectivity index (χ0v) is 12.5. The van der Waals surface area contributed by atoms with Crippen LogP contribution in [0.25, 0.3) is 10.9 Å². The first-order valence-corrected chi connectivity index (χ1v) is 8.33. The third-order valence-electron chi connectivity index (χ3n) is 6.04. The van der Waals surface area contributed by atoms with Gasteiger partial charge in [0.25, 0.3) is 0 Å². The molecule has 108 valence electrons. The number of nitrogens with zero attached hydrogens (tertiary/aromatic N) is 1. The lowest BCUT2D eigenvalue weighted by molar-refractivity contribution is 0.153. The molecule has 2 heteroatoms. The van der Waals surface area contributed by atoms with Crippen LogP contribution in [0.5, 0.6) is 0 Å². The van der Waals surface area contributed by atoms with Gasteiger partial charge in [0, 0.05) is 29.2 Å². The molecule has 0 amide bonds. The van der Waals surface area contributed by atoms with E-state index in [-0.39, 0.29) is 0 Å². The number of aromatic amines is 1. The number of H-pyrrole nitrogens is 1. The minimum absolute atomic E-state index is 0.617. The van der Waals surface area contributed by atoms with Gasteiger partial charge in [-0.15, -0.1) is 0 Å². The smallest absolute Gasteiger partial charge is 0.0538 e. The highest BCUT2D eigenvalue weighted by Crippen LogP contribution is 2.51. The van der Waals surface area contributed by atoms with Crippen LogP contribution in [-0.4, -0.2) is 22.5 Å². The molecule has 2 aromatic rings. The lowest BCUT2D eigenvalue weighted by atomic mass is 9.79. The molecule has 5 rings (SSSR count). The summed E-state index contributed by atoms with van der Waals surface area (Å²) in [6, 6.07) is 10.1. The van der Waals surface area contributed by atoms with Crippen LogP contribution in [0.3, 0.4) is 0 Å². The normalized spacial score (nSPS) is 34.7. The Morgan fingerprint density at radius 2 is 2.00 bits per heavy atom. The van der Waals surface area contributed by atoms with Crippen LogP contribution in [0, 0.1) is 11.8 Å². The van der Waals surface area contributed by atoms with Crippen molar-refractivity contribution in [1.29, 1.82) is 0 Å². The van der Waals surface area contributed by atoms with Crippen molar-refractivity contribution in [3.8, 4) is 0 Å². The molecule has 3 heterocycles. The van der Waals surface area contributed by atoms with Gasteiger partial charge < -0.3 is 4.98 Å². The average molecular weight is 278 g/mol. The molecule has 0 unspecified atom stereocenters. The van der Waals surface area contributed by atoms with Gasteiger partial charge in [0.2, 0.25) is 0 Å². The van der Waals surface area contributed by atoms with Crippen LogP contribution in [0.2, 0.25) is 0 Å². The van der Waals surface area contributed by atoms with Gasteiger partial charge in [0.05, 0.1) is 6.04 Å². The van der Waals surface area contributed by atoms with Crippen molar-refractivity contribution >= 4 is 10.9 Å². The topological polar surface area (TPSA) is 19.0 Å². The van der Waals surface area contributed by atoms with Crippen LogP contribution in [0.15, 0.2) is 36.4 Å². The van der Waals surface area contributed by atoms with Gasteiger partial charge in [-0.3, -0.25) is 4.90 Å². The van der Waals surface area contributed by atoms with Crippen molar-refractivity contribution in [2.24, 2.45) is 11.8 Å². The second-order valence-corrected chi connectivity index (χ2v) is 7.12. The molecule has 1 aliphatic carbocycles.